The molecular formula is C60H79N12O39P5S. The lowest BCUT2D eigenvalue weighted by Crippen LogP contribution is -2.33. The van der Waals surface area contributed by atoms with Gasteiger partial charge in [-0.3, -0.25) is 127 Å². The van der Waals surface area contributed by atoms with Gasteiger partial charge in [-0.25, -0.2) is 51.6 Å². The second kappa shape index (κ2) is 35.4. The minimum atomic E-state index is -5.66. The lowest BCUT2D eigenvalue weighted by atomic mass is 10.2. The van der Waals surface area contributed by atoms with Gasteiger partial charge in [-0.15, -0.1) is 0 Å². The van der Waals surface area contributed by atoms with Crippen LogP contribution in [0.25, 0.3) is 0 Å². The number of aryl methyl sites for hydroxylation is 6. The van der Waals surface area contributed by atoms with Crippen molar-refractivity contribution in [3.63, 3.8) is 0 Å². The van der Waals surface area contributed by atoms with Crippen molar-refractivity contribution in [2.75, 3.05) is 39.6 Å². The van der Waals surface area contributed by atoms with Crippen LogP contribution in [0.1, 0.15) is 109 Å². The zero-order chi connectivity index (χ0) is 85.0. The number of aliphatic hydroxyl groups excluding tert-OH is 2. The van der Waals surface area contributed by atoms with Gasteiger partial charge in [0.05, 0.1) is 51.8 Å². The van der Waals surface area contributed by atoms with Gasteiger partial charge in [0.25, 0.3) is 33.4 Å². The quantitative estimate of drug-likeness (QED) is 0.0193. The maximum absolute atomic E-state index is 14.4. The van der Waals surface area contributed by atoms with Crippen molar-refractivity contribution in [3.05, 3.63) is 196 Å². The first-order chi connectivity index (χ1) is 54.8. The smallest absolute Gasteiger partial charge is 0.394 e. The van der Waals surface area contributed by atoms with Gasteiger partial charge in [-0.05, 0) is 52.9 Å². The van der Waals surface area contributed by atoms with Crippen molar-refractivity contribution in [1.82, 2.24) is 57.3 Å². The SMILES string of the molecule is Cc1cn([C@H]2C[C@H](OP(=O)(O)OC[C@H]3O[C@@H](n4cc(C)c(=O)[nH]c4=O)C[C@@H]3OP(=O)(O)OC[C@H]3O[C@@H](n4cc(C)c(=O)[nH]c4=O)C[C@@H]3OP(=O)(O)OC[C@H]3O[C@@H](n4cc(C)c(=O)[nH]c4=O)C[C@@H]3SP(=O)(O)OC[C@H]3O[C@@H](n4cc(C)c(=O)[nH]c4=O)C[C@@H]3OP(=O)(O)OC[C@H]3O[C@@H](n4cc(C)c(=O)[nH]c4=O)C[C@@H]3O)[C@@H](CO)O2)c(=O)[nH]c1=O. The summed E-state index contributed by atoms with van der Waals surface area (Å²) in [6.45, 7) is -3.28. The number of hydrogen-bond donors (Lipinski definition) is 13. The summed E-state index contributed by atoms with van der Waals surface area (Å²) in [5.74, 6) is 0. The highest BCUT2D eigenvalue weighted by Gasteiger charge is 2.51. The highest BCUT2D eigenvalue weighted by Crippen LogP contribution is 2.62. The summed E-state index contributed by atoms with van der Waals surface area (Å²) in [4.78, 5) is 221. The van der Waals surface area contributed by atoms with E-state index < -0.39 is 281 Å². The van der Waals surface area contributed by atoms with E-state index in [0.717, 1.165) is 58.4 Å². The number of H-pyrrole nitrogens is 6. The average Bonchev–Trinajstić information content (AvgIpc) is 1.68. The highest BCUT2D eigenvalue weighted by molar-refractivity contribution is 8.55. The topological polar surface area (TPSA) is 695 Å². The van der Waals surface area contributed by atoms with Crippen molar-refractivity contribution >= 4 is 49.5 Å². The first-order valence-electron chi connectivity index (χ1n) is 35.2. The molecule has 6 aromatic rings. The van der Waals surface area contributed by atoms with E-state index in [-0.39, 0.29) is 57.6 Å². The van der Waals surface area contributed by atoms with Gasteiger partial charge in [-0.1, -0.05) is 0 Å². The van der Waals surface area contributed by atoms with Crippen molar-refractivity contribution in [1.29, 1.82) is 0 Å². The number of nitrogens with one attached hydrogen (secondary N) is 6. The van der Waals surface area contributed by atoms with Gasteiger partial charge in [0, 0.05) is 114 Å². The molecule has 12 heterocycles. The molecular weight excluding hydrogens is 1700 g/mol. The number of aromatic nitrogens is 12. The molecule has 0 aliphatic carbocycles. The third-order valence-corrected chi connectivity index (χ3v) is 26.9. The Morgan fingerprint density at radius 1 is 0.342 bits per heavy atom. The van der Waals surface area contributed by atoms with Crippen LogP contribution in [0.4, 0.5) is 0 Å². The number of aromatic amines is 6. The Labute approximate surface area is 655 Å². The Balaban J connectivity index is 0.739. The Bertz CT molecular complexity index is 5790. The van der Waals surface area contributed by atoms with Crippen LogP contribution in [0, 0.1) is 41.5 Å². The van der Waals surface area contributed by atoms with Gasteiger partial charge < -0.3 is 63.1 Å². The van der Waals surface area contributed by atoms with Crippen LogP contribution >= 0.6 is 49.5 Å². The van der Waals surface area contributed by atoms with E-state index in [2.05, 4.69) is 29.9 Å². The average molecular weight is 1780 g/mol. The molecule has 6 aliphatic heterocycles. The molecule has 0 saturated carbocycles. The molecule has 644 valence electrons. The first-order valence-corrected chi connectivity index (χ1v) is 44.3. The molecule has 0 radical (unpaired) electrons. The molecule has 6 aliphatic rings. The number of aliphatic hydroxyl groups is 2. The molecule has 12 rings (SSSR count). The van der Waals surface area contributed by atoms with E-state index in [1.54, 1.807) is 0 Å². The minimum Gasteiger partial charge on any atom is -0.394 e. The molecule has 6 fully saturated rings. The molecule has 0 aromatic carbocycles. The predicted octanol–water partition coefficient (Wildman–Crippen LogP) is -2.56. The molecule has 6 saturated heterocycles. The van der Waals surface area contributed by atoms with Gasteiger partial charge in [0.1, 0.15) is 92.3 Å². The van der Waals surface area contributed by atoms with Crippen LogP contribution in [0.5, 0.6) is 0 Å². The maximum Gasteiger partial charge on any atom is 0.472 e. The summed E-state index contributed by atoms with van der Waals surface area (Å²) in [6, 6.07) is 0. The Morgan fingerprint density at radius 3 is 0.855 bits per heavy atom. The van der Waals surface area contributed by atoms with Gasteiger partial charge in [-0.2, -0.15) is 0 Å². The van der Waals surface area contributed by atoms with E-state index in [4.69, 9.17) is 69.1 Å². The Hall–Kier alpha value is -7.30. The number of nitrogens with zero attached hydrogens (tertiary/aromatic N) is 6. The third kappa shape index (κ3) is 21.2. The molecule has 57 heteroatoms. The zero-order valence-corrected chi connectivity index (χ0v) is 67.2. The number of phosphoric acid groups is 4. The zero-order valence-electron chi connectivity index (χ0n) is 61.9. The van der Waals surface area contributed by atoms with Crippen molar-refractivity contribution in [2.24, 2.45) is 0 Å². The molecule has 0 amide bonds. The molecule has 6 aromatic heterocycles. The van der Waals surface area contributed by atoms with Crippen molar-refractivity contribution in [2.45, 2.75) is 190 Å². The Morgan fingerprint density at radius 2 is 0.564 bits per heavy atom. The normalized spacial score (nSPS) is 30.0. The van der Waals surface area contributed by atoms with Crippen LogP contribution in [0.3, 0.4) is 0 Å². The highest BCUT2D eigenvalue weighted by atomic mass is 32.7. The lowest BCUT2D eigenvalue weighted by Gasteiger charge is -2.26. The number of phosphoric ester groups is 4. The van der Waals surface area contributed by atoms with Gasteiger partial charge in [0.2, 0.25) is 0 Å². The number of rotatable bonds is 32. The minimum absolute atomic E-state index is 0.0109. The summed E-state index contributed by atoms with van der Waals surface area (Å²) in [5.41, 5.74) is -10.7. The maximum atomic E-state index is 14.4. The molecule has 13 N–H and O–H groups in total. The molecule has 117 heavy (non-hydrogen) atoms. The standard InChI is InChI=1S/C60H79N12O39P5S/c1-25-13-67(55(81)61-49(25)75)43-7-31(74)37(103-43)20-97-112(87,88)111-35-11-47(71-17-29(5)53(79)65-59(71)85)106-40(35)23-101-116(95,96)117-42-12-48(72-18-30(6)54(80)66-60(72)86)107-41(42)24-100-115(93,94)110-34-10-46(70-16-28(4)52(78)64-58(70)84)105-39(34)22-99-114(91,92)109-33-9-45(69-15-27(3)51(77)63-57(69)83)104-38(33)21-98-113(89,90)108-32-8-44(102-36(32)19-73)68-14-26(2)50(76)62-56(68)82/h13-18,31-48,73-74H,7-12,19-24H2,1-6H3,(H,87,88)(H,89,90)(H,91,92)(H,93,94)(H,95,96)(H,61,75,81)(H,62,76,82)(H,63,77,83)(H,64,78,84)(H,65,79,85)(H,66,80,86)/t31-,32-,33-,34-,35-,36+,37+,38+,39+,40+,41+,42-,43+,44+,45+,46+,47+,48+/m0/s1. The van der Waals surface area contributed by atoms with E-state index in [1.807, 2.05) is 0 Å². The van der Waals surface area contributed by atoms with E-state index in [9.17, 15) is 115 Å². The van der Waals surface area contributed by atoms with E-state index in [0.29, 0.717) is 0 Å². The van der Waals surface area contributed by atoms with Crippen LogP contribution in [0.2, 0.25) is 0 Å². The molecule has 5 unspecified atom stereocenters. The second-order valence-corrected chi connectivity index (χ2v) is 37.5. The van der Waals surface area contributed by atoms with Crippen molar-refractivity contribution < 1.29 is 127 Å². The summed E-state index contributed by atoms with van der Waals surface area (Å²) in [5, 5.41) is 19.5. The number of ether oxygens (including phenoxy) is 6. The fourth-order valence-corrected chi connectivity index (χ4v) is 20.5. The molecule has 0 bridgehead atoms. The van der Waals surface area contributed by atoms with Crippen molar-refractivity contribution in [3.8, 4) is 0 Å². The monoisotopic (exact) mass is 1780 g/mol. The first kappa shape index (κ1) is 89.0. The van der Waals surface area contributed by atoms with Crippen LogP contribution in [-0.4, -0.2) is 204 Å². The van der Waals surface area contributed by atoms with Gasteiger partial charge in [0.15, 0.2) is 0 Å². The summed E-state index contributed by atoms with van der Waals surface area (Å²) < 4.78 is 160. The summed E-state index contributed by atoms with van der Waals surface area (Å²) in [6.07, 6.45) is -22.8. The third-order valence-electron chi connectivity index (χ3n) is 19.4. The van der Waals surface area contributed by atoms with Crippen LogP contribution < -0.4 is 67.5 Å². The fraction of sp³-hybridized carbons (Fsp3) is 0.600. The van der Waals surface area contributed by atoms with E-state index >= 15 is 0 Å². The number of hydrogen-bond acceptors (Lipinski definition) is 35. The lowest BCUT2D eigenvalue weighted by molar-refractivity contribution is -0.0626. The molecule has 51 nitrogen and oxygen atoms in total. The van der Waals surface area contributed by atoms with Crippen LogP contribution in [-0.2, 0) is 92.0 Å². The molecule has 0 spiro atoms. The van der Waals surface area contributed by atoms with E-state index in [1.165, 1.54) is 47.7 Å². The Kier molecular flexibility index (Phi) is 26.9. The summed E-state index contributed by atoms with van der Waals surface area (Å²) >= 11 is 0.101. The van der Waals surface area contributed by atoms with Crippen LogP contribution in [0.15, 0.2) is 94.7 Å². The summed E-state index contributed by atoms with van der Waals surface area (Å²) in [7, 11) is -22.0. The van der Waals surface area contributed by atoms with Gasteiger partial charge >= 0.3 is 72.2 Å². The fourth-order valence-electron chi connectivity index (χ4n) is 13.4. The molecule has 23 atom stereocenters. The predicted molar refractivity (Wildman–Crippen MR) is 390 cm³/mol. The second-order valence-electron chi connectivity index (χ2n) is 27.9. The largest absolute Gasteiger partial charge is 0.472 e.